The third kappa shape index (κ3) is 2.47. The fourth-order valence-corrected chi connectivity index (χ4v) is 2.28. The summed E-state index contributed by atoms with van der Waals surface area (Å²) in [5, 5.41) is 4.60. The van der Waals surface area contributed by atoms with Gasteiger partial charge in [-0.2, -0.15) is 0 Å². The maximum Gasteiger partial charge on any atom is 0.0708 e. The van der Waals surface area contributed by atoms with Crippen LogP contribution < -0.4 is 5.32 Å². The zero-order chi connectivity index (χ0) is 12.3. The SMILES string of the molecule is CCCC(NC)c1cc(C)c2ccccc2n1. The van der Waals surface area contributed by atoms with Gasteiger partial charge in [0.05, 0.1) is 11.2 Å². The van der Waals surface area contributed by atoms with E-state index in [1.54, 1.807) is 0 Å². The average molecular weight is 228 g/mol. The van der Waals surface area contributed by atoms with E-state index in [-0.39, 0.29) is 0 Å². The maximum atomic E-state index is 4.76. The van der Waals surface area contributed by atoms with E-state index in [0.717, 1.165) is 17.6 Å². The molecule has 1 heterocycles. The molecular formula is C15H20N2. The highest BCUT2D eigenvalue weighted by molar-refractivity contribution is 5.82. The largest absolute Gasteiger partial charge is 0.312 e. The quantitative estimate of drug-likeness (QED) is 0.864. The highest BCUT2D eigenvalue weighted by Crippen LogP contribution is 2.22. The maximum absolute atomic E-state index is 4.76. The summed E-state index contributed by atoms with van der Waals surface area (Å²) >= 11 is 0. The van der Waals surface area contributed by atoms with Crippen molar-refractivity contribution in [3.05, 3.63) is 41.6 Å². The van der Waals surface area contributed by atoms with Crippen LogP contribution in [0.2, 0.25) is 0 Å². The Morgan fingerprint density at radius 2 is 2.06 bits per heavy atom. The molecule has 2 nitrogen and oxygen atoms in total. The van der Waals surface area contributed by atoms with Gasteiger partial charge in [0.2, 0.25) is 0 Å². The number of pyridine rings is 1. The first kappa shape index (κ1) is 12.1. The molecule has 0 fully saturated rings. The standard InChI is InChI=1S/C15H20N2/c1-4-7-14(16-3)15-10-11(2)12-8-5-6-9-13(12)17-15/h5-6,8-10,14,16H,4,7H2,1-3H3. The molecule has 0 amide bonds. The van der Waals surface area contributed by atoms with Gasteiger partial charge >= 0.3 is 0 Å². The van der Waals surface area contributed by atoms with Crippen molar-refractivity contribution in [1.29, 1.82) is 0 Å². The topological polar surface area (TPSA) is 24.9 Å². The van der Waals surface area contributed by atoms with Crippen LogP contribution in [0.25, 0.3) is 10.9 Å². The van der Waals surface area contributed by atoms with Crippen LogP contribution >= 0.6 is 0 Å². The lowest BCUT2D eigenvalue weighted by atomic mass is 10.0. The molecule has 1 aromatic heterocycles. The van der Waals surface area contributed by atoms with Crippen LogP contribution in [-0.2, 0) is 0 Å². The number of fused-ring (bicyclic) bond motifs is 1. The highest BCUT2D eigenvalue weighted by atomic mass is 14.9. The molecule has 0 radical (unpaired) electrons. The molecule has 0 saturated heterocycles. The number of benzene rings is 1. The van der Waals surface area contributed by atoms with Crippen molar-refractivity contribution in [2.24, 2.45) is 0 Å². The molecule has 1 unspecified atom stereocenters. The molecule has 0 aliphatic carbocycles. The van der Waals surface area contributed by atoms with Crippen molar-refractivity contribution in [2.75, 3.05) is 7.05 Å². The van der Waals surface area contributed by atoms with Gasteiger partial charge in [-0.3, -0.25) is 4.98 Å². The predicted molar refractivity (Wildman–Crippen MR) is 73.2 cm³/mol. The molecular weight excluding hydrogens is 208 g/mol. The summed E-state index contributed by atoms with van der Waals surface area (Å²) in [6.07, 6.45) is 2.29. The predicted octanol–water partition coefficient (Wildman–Crippen LogP) is 3.60. The van der Waals surface area contributed by atoms with Gasteiger partial charge in [0, 0.05) is 11.4 Å². The number of hydrogen-bond donors (Lipinski definition) is 1. The molecule has 17 heavy (non-hydrogen) atoms. The van der Waals surface area contributed by atoms with Gasteiger partial charge in [-0.05, 0) is 38.1 Å². The molecule has 2 aromatic rings. The third-order valence-corrected chi connectivity index (χ3v) is 3.23. The summed E-state index contributed by atoms with van der Waals surface area (Å²) in [5.41, 5.74) is 3.56. The van der Waals surface area contributed by atoms with Crippen LogP contribution in [0.5, 0.6) is 0 Å². The van der Waals surface area contributed by atoms with Crippen molar-refractivity contribution in [3.63, 3.8) is 0 Å². The molecule has 0 bridgehead atoms. The lowest BCUT2D eigenvalue weighted by Gasteiger charge is -2.16. The average Bonchev–Trinajstić information content (AvgIpc) is 2.36. The third-order valence-electron chi connectivity index (χ3n) is 3.23. The van der Waals surface area contributed by atoms with Gasteiger partial charge < -0.3 is 5.32 Å². The van der Waals surface area contributed by atoms with E-state index < -0.39 is 0 Å². The van der Waals surface area contributed by atoms with Gasteiger partial charge in [-0.25, -0.2) is 0 Å². The first-order valence-corrected chi connectivity index (χ1v) is 6.29. The molecule has 2 heteroatoms. The number of para-hydroxylation sites is 1. The number of aromatic nitrogens is 1. The summed E-state index contributed by atoms with van der Waals surface area (Å²) in [6, 6.07) is 10.9. The van der Waals surface area contributed by atoms with Gasteiger partial charge in [-0.15, -0.1) is 0 Å². The first-order valence-electron chi connectivity index (χ1n) is 6.29. The van der Waals surface area contributed by atoms with Crippen molar-refractivity contribution in [3.8, 4) is 0 Å². The van der Waals surface area contributed by atoms with Crippen LogP contribution in [0.3, 0.4) is 0 Å². The normalized spacial score (nSPS) is 12.9. The first-order chi connectivity index (χ1) is 8.26. The fourth-order valence-electron chi connectivity index (χ4n) is 2.28. The Bertz CT molecular complexity index is 505. The summed E-state index contributed by atoms with van der Waals surface area (Å²) in [5.74, 6) is 0. The minimum absolute atomic E-state index is 0.364. The number of nitrogens with zero attached hydrogens (tertiary/aromatic N) is 1. The van der Waals surface area contributed by atoms with Crippen LogP contribution in [0, 0.1) is 6.92 Å². The Hall–Kier alpha value is -1.41. The number of aryl methyl sites for hydroxylation is 1. The molecule has 1 aromatic carbocycles. The van der Waals surface area contributed by atoms with Gasteiger partial charge in [0.25, 0.3) is 0 Å². The van der Waals surface area contributed by atoms with E-state index in [2.05, 4.69) is 43.4 Å². The smallest absolute Gasteiger partial charge is 0.0708 e. The van der Waals surface area contributed by atoms with Crippen LogP contribution in [0.4, 0.5) is 0 Å². The Labute approximate surface area is 103 Å². The highest BCUT2D eigenvalue weighted by Gasteiger charge is 2.11. The fraction of sp³-hybridized carbons (Fsp3) is 0.400. The molecule has 0 aliphatic rings. The van der Waals surface area contributed by atoms with Gasteiger partial charge in [0.1, 0.15) is 0 Å². The van der Waals surface area contributed by atoms with Crippen LogP contribution in [0.15, 0.2) is 30.3 Å². The monoisotopic (exact) mass is 228 g/mol. The summed E-state index contributed by atoms with van der Waals surface area (Å²) in [6.45, 7) is 4.37. The summed E-state index contributed by atoms with van der Waals surface area (Å²) < 4.78 is 0. The lowest BCUT2D eigenvalue weighted by molar-refractivity contribution is 0.530. The zero-order valence-electron chi connectivity index (χ0n) is 10.8. The lowest BCUT2D eigenvalue weighted by Crippen LogP contribution is -2.17. The molecule has 0 spiro atoms. The minimum atomic E-state index is 0.364. The minimum Gasteiger partial charge on any atom is -0.312 e. The van der Waals surface area contributed by atoms with Crippen LogP contribution in [0.1, 0.15) is 37.1 Å². The van der Waals surface area contributed by atoms with E-state index in [1.807, 2.05) is 13.1 Å². The van der Waals surface area contributed by atoms with Crippen molar-refractivity contribution in [1.82, 2.24) is 10.3 Å². The van der Waals surface area contributed by atoms with Crippen molar-refractivity contribution >= 4 is 10.9 Å². The second kappa shape index (κ2) is 5.28. The molecule has 2 rings (SSSR count). The van der Waals surface area contributed by atoms with Crippen molar-refractivity contribution in [2.45, 2.75) is 32.7 Å². The Kier molecular flexibility index (Phi) is 3.75. The summed E-state index contributed by atoms with van der Waals surface area (Å²) in [4.78, 5) is 4.76. The number of hydrogen-bond acceptors (Lipinski definition) is 2. The molecule has 1 atom stereocenters. The van der Waals surface area contributed by atoms with Crippen LogP contribution in [-0.4, -0.2) is 12.0 Å². The van der Waals surface area contributed by atoms with E-state index in [9.17, 15) is 0 Å². The molecule has 90 valence electrons. The Morgan fingerprint density at radius 1 is 1.29 bits per heavy atom. The molecule has 0 aliphatic heterocycles. The summed E-state index contributed by atoms with van der Waals surface area (Å²) in [7, 11) is 2.01. The second-order valence-electron chi connectivity index (χ2n) is 4.51. The van der Waals surface area contributed by atoms with E-state index in [1.165, 1.54) is 17.4 Å². The Morgan fingerprint density at radius 3 is 2.76 bits per heavy atom. The second-order valence-corrected chi connectivity index (χ2v) is 4.51. The number of rotatable bonds is 4. The molecule has 0 saturated carbocycles. The van der Waals surface area contributed by atoms with E-state index >= 15 is 0 Å². The van der Waals surface area contributed by atoms with E-state index in [4.69, 9.17) is 4.98 Å². The van der Waals surface area contributed by atoms with E-state index in [0.29, 0.717) is 6.04 Å². The number of nitrogens with one attached hydrogen (secondary N) is 1. The molecule has 1 N–H and O–H groups in total. The van der Waals surface area contributed by atoms with Gasteiger partial charge in [0.15, 0.2) is 0 Å². The van der Waals surface area contributed by atoms with Gasteiger partial charge in [-0.1, -0.05) is 31.5 Å². The van der Waals surface area contributed by atoms with Crippen molar-refractivity contribution < 1.29 is 0 Å². The zero-order valence-corrected chi connectivity index (χ0v) is 10.8. The Balaban J connectivity index is 2.48.